The monoisotopic (exact) mass is 297 g/mol. The third kappa shape index (κ3) is 3.03. The highest BCUT2D eigenvalue weighted by Crippen LogP contribution is 2.23. The van der Waals surface area contributed by atoms with Crippen molar-refractivity contribution in [3.05, 3.63) is 53.5 Å². The Balaban J connectivity index is 1.77. The Morgan fingerprint density at radius 2 is 2.10 bits per heavy atom. The lowest BCUT2D eigenvalue weighted by Gasteiger charge is -2.08. The fourth-order valence-electron chi connectivity index (χ4n) is 2.10. The minimum atomic E-state index is -0.240. The van der Waals surface area contributed by atoms with E-state index in [1.807, 2.05) is 30.3 Å². The standard InChI is InChI=1S/C16H15N3OS/c1-2-11-9-15(21-10-11)19-16(20)18-14-7-8-17-13-6-4-3-5-12(13)14/h3-10H,2H2,1H3,(H2,17,18,19,20). The van der Waals surface area contributed by atoms with Gasteiger partial charge in [-0.25, -0.2) is 4.79 Å². The Kier molecular flexibility index (Phi) is 3.83. The summed E-state index contributed by atoms with van der Waals surface area (Å²) >= 11 is 1.53. The number of thiophene rings is 1. The van der Waals surface area contributed by atoms with E-state index in [-0.39, 0.29) is 6.03 Å². The number of amides is 2. The number of hydrogen-bond donors (Lipinski definition) is 2. The summed E-state index contributed by atoms with van der Waals surface area (Å²) in [6.45, 7) is 2.09. The third-order valence-electron chi connectivity index (χ3n) is 3.20. The van der Waals surface area contributed by atoms with Gasteiger partial charge in [0.2, 0.25) is 0 Å². The maximum Gasteiger partial charge on any atom is 0.324 e. The van der Waals surface area contributed by atoms with Crippen LogP contribution in [0.1, 0.15) is 12.5 Å². The van der Waals surface area contributed by atoms with Crippen molar-refractivity contribution in [2.75, 3.05) is 10.6 Å². The molecule has 0 fully saturated rings. The average Bonchev–Trinajstić information content (AvgIpc) is 2.95. The fraction of sp³-hybridized carbons (Fsp3) is 0.125. The molecule has 0 spiro atoms. The van der Waals surface area contributed by atoms with Crippen molar-refractivity contribution in [2.24, 2.45) is 0 Å². The first-order chi connectivity index (χ1) is 10.3. The summed E-state index contributed by atoms with van der Waals surface area (Å²) in [5.41, 5.74) is 2.84. The second kappa shape index (κ2) is 5.93. The number of aromatic nitrogens is 1. The first-order valence-electron chi connectivity index (χ1n) is 6.75. The maximum atomic E-state index is 12.1. The normalized spacial score (nSPS) is 10.5. The zero-order chi connectivity index (χ0) is 14.7. The molecule has 0 saturated heterocycles. The first-order valence-corrected chi connectivity index (χ1v) is 7.63. The van der Waals surface area contributed by atoms with E-state index in [2.05, 4.69) is 27.9 Å². The highest BCUT2D eigenvalue weighted by molar-refractivity contribution is 7.14. The zero-order valence-corrected chi connectivity index (χ0v) is 12.4. The van der Waals surface area contributed by atoms with Crippen LogP contribution in [0.2, 0.25) is 0 Å². The number of urea groups is 1. The van der Waals surface area contributed by atoms with Gasteiger partial charge in [-0.05, 0) is 35.6 Å². The molecule has 4 nitrogen and oxygen atoms in total. The molecular weight excluding hydrogens is 282 g/mol. The van der Waals surface area contributed by atoms with Crippen LogP contribution in [0.15, 0.2) is 48.0 Å². The molecule has 0 aliphatic carbocycles. The van der Waals surface area contributed by atoms with Gasteiger partial charge in [0.15, 0.2) is 0 Å². The third-order valence-corrected chi connectivity index (χ3v) is 4.09. The molecular formula is C16H15N3OS. The Bertz CT molecular complexity index is 777. The van der Waals surface area contributed by atoms with Crippen LogP contribution < -0.4 is 10.6 Å². The van der Waals surface area contributed by atoms with Gasteiger partial charge in [-0.3, -0.25) is 10.3 Å². The van der Waals surface area contributed by atoms with Crippen molar-refractivity contribution in [1.29, 1.82) is 0 Å². The molecule has 3 rings (SSSR count). The molecule has 2 aromatic heterocycles. The molecule has 2 heterocycles. The van der Waals surface area contributed by atoms with Gasteiger partial charge in [-0.15, -0.1) is 11.3 Å². The van der Waals surface area contributed by atoms with E-state index in [1.54, 1.807) is 12.3 Å². The van der Waals surface area contributed by atoms with Gasteiger partial charge < -0.3 is 5.32 Å². The van der Waals surface area contributed by atoms with Gasteiger partial charge in [-0.1, -0.05) is 25.1 Å². The summed E-state index contributed by atoms with van der Waals surface area (Å²) in [6.07, 6.45) is 2.66. The van der Waals surface area contributed by atoms with Crippen LogP contribution in [0, 0.1) is 0 Å². The highest BCUT2D eigenvalue weighted by atomic mass is 32.1. The Morgan fingerprint density at radius 3 is 2.90 bits per heavy atom. The van der Waals surface area contributed by atoms with Gasteiger partial charge in [0.25, 0.3) is 0 Å². The summed E-state index contributed by atoms with van der Waals surface area (Å²) in [5.74, 6) is 0. The molecule has 0 bridgehead atoms. The van der Waals surface area contributed by atoms with E-state index in [0.29, 0.717) is 0 Å². The molecule has 0 aliphatic rings. The Labute approximate surface area is 126 Å². The summed E-state index contributed by atoms with van der Waals surface area (Å²) in [4.78, 5) is 16.4. The van der Waals surface area contributed by atoms with E-state index in [0.717, 1.165) is 28.0 Å². The number of hydrogen-bond acceptors (Lipinski definition) is 3. The fourth-order valence-corrected chi connectivity index (χ4v) is 2.98. The number of fused-ring (bicyclic) bond motifs is 1. The first kappa shape index (κ1) is 13.6. The van der Waals surface area contributed by atoms with E-state index in [4.69, 9.17) is 0 Å². The Hall–Kier alpha value is -2.40. The number of carbonyl (C=O) groups is 1. The molecule has 0 saturated carbocycles. The predicted molar refractivity (Wildman–Crippen MR) is 88.1 cm³/mol. The molecule has 0 aliphatic heterocycles. The van der Waals surface area contributed by atoms with Crippen molar-refractivity contribution >= 4 is 39.0 Å². The van der Waals surface area contributed by atoms with Crippen LogP contribution in [0.25, 0.3) is 10.9 Å². The SMILES string of the molecule is CCc1csc(NC(=O)Nc2ccnc3ccccc23)c1. The van der Waals surface area contributed by atoms with Gasteiger partial charge >= 0.3 is 6.03 Å². The lowest BCUT2D eigenvalue weighted by molar-refractivity contribution is 0.262. The summed E-state index contributed by atoms with van der Waals surface area (Å²) < 4.78 is 0. The molecule has 2 amide bonds. The quantitative estimate of drug-likeness (QED) is 0.747. The number of nitrogens with one attached hydrogen (secondary N) is 2. The minimum Gasteiger partial charge on any atom is -0.307 e. The summed E-state index contributed by atoms with van der Waals surface area (Å²) in [7, 11) is 0. The molecule has 0 radical (unpaired) electrons. The number of pyridine rings is 1. The predicted octanol–water partition coefficient (Wildman–Crippen LogP) is 4.50. The van der Waals surface area contributed by atoms with Gasteiger partial charge in [0.1, 0.15) is 0 Å². The van der Waals surface area contributed by atoms with Crippen LogP contribution in [-0.2, 0) is 6.42 Å². The van der Waals surface area contributed by atoms with Gasteiger partial charge in [0.05, 0.1) is 16.2 Å². The molecule has 2 N–H and O–H groups in total. The lowest BCUT2D eigenvalue weighted by Crippen LogP contribution is -2.18. The van der Waals surface area contributed by atoms with E-state index < -0.39 is 0 Å². The molecule has 106 valence electrons. The average molecular weight is 297 g/mol. The van der Waals surface area contributed by atoms with Crippen LogP contribution in [0.4, 0.5) is 15.5 Å². The lowest BCUT2D eigenvalue weighted by atomic mass is 10.2. The topological polar surface area (TPSA) is 54.0 Å². The number of carbonyl (C=O) groups excluding carboxylic acids is 1. The molecule has 3 aromatic rings. The smallest absolute Gasteiger partial charge is 0.307 e. The van der Waals surface area contributed by atoms with E-state index in [1.165, 1.54) is 16.9 Å². The van der Waals surface area contributed by atoms with Crippen molar-refractivity contribution in [3.63, 3.8) is 0 Å². The summed E-state index contributed by atoms with van der Waals surface area (Å²) in [6, 6.07) is 11.3. The van der Waals surface area contributed by atoms with Crippen LogP contribution >= 0.6 is 11.3 Å². The molecule has 0 unspecified atom stereocenters. The largest absolute Gasteiger partial charge is 0.324 e. The minimum absolute atomic E-state index is 0.240. The molecule has 5 heteroatoms. The molecule has 0 atom stereocenters. The van der Waals surface area contributed by atoms with Crippen molar-refractivity contribution in [1.82, 2.24) is 4.98 Å². The van der Waals surface area contributed by atoms with Crippen molar-refractivity contribution < 1.29 is 4.79 Å². The molecule has 21 heavy (non-hydrogen) atoms. The van der Waals surface area contributed by atoms with Crippen LogP contribution in [0.3, 0.4) is 0 Å². The highest BCUT2D eigenvalue weighted by Gasteiger charge is 2.07. The number of benzene rings is 1. The number of aryl methyl sites for hydroxylation is 1. The second-order valence-electron chi connectivity index (χ2n) is 4.63. The summed E-state index contributed by atoms with van der Waals surface area (Å²) in [5, 5.41) is 9.56. The van der Waals surface area contributed by atoms with Crippen molar-refractivity contribution in [2.45, 2.75) is 13.3 Å². The number of rotatable bonds is 3. The van der Waals surface area contributed by atoms with Gasteiger partial charge in [-0.2, -0.15) is 0 Å². The van der Waals surface area contributed by atoms with E-state index in [9.17, 15) is 4.79 Å². The van der Waals surface area contributed by atoms with Crippen LogP contribution in [0.5, 0.6) is 0 Å². The zero-order valence-electron chi connectivity index (χ0n) is 11.6. The number of anilines is 2. The number of nitrogens with zero attached hydrogens (tertiary/aromatic N) is 1. The van der Waals surface area contributed by atoms with Crippen LogP contribution in [-0.4, -0.2) is 11.0 Å². The van der Waals surface area contributed by atoms with Crippen molar-refractivity contribution in [3.8, 4) is 0 Å². The second-order valence-corrected chi connectivity index (χ2v) is 5.54. The number of para-hydroxylation sites is 1. The Morgan fingerprint density at radius 1 is 1.24 bits per heavy atom. The van der Waals surface area contributed by atoms with Gasteiger partial charge in [0, 0.05) is 11.6 Å². The van der Waals surface area contributed by atoms with E-state index >= 15 is 0 Å². The molecule has 1 aromatic carbocycles. The maximum absolute atomic E-state index is 12.1.